The van der Waals surface area contributed by atoms with Crippen LogP contribution in [-0.2, 0) is 6.42 Å². The minimum atomic E-state index is -1.51. The number of pyridine rings is 2. The number of aromatic carboxylic acids is 1. The third-order valence-electron chi connectivity index (χ3n) is 3.54. The van der Waals surface area contributed by atoms with Crippen LogP contribution in [0.15, 0.2) is 40.0 Å². The van der Waals surface area contributed by atoms with E-state index >= 15 is 0 Å². The molecule has 2 heterocycles. The molecule has 0 amide bonds. The van der Waals surface area contributed by atoms with E-state index in [0.29, 0.717) is 10.2 Å². The molecule has 24 heavy (non-hydrogen) atoms. The zero-order valence-electron chi connectivity index (χ0n) is 11.9. The molecule has 122 valence electrons. The van der Waals surface area contributed by atoms with Gasteiger partial charge in [-0.1, -0.05) is 0 Å². The Hall–Kier alpha value is -2.61. The summed E-state index contributed by atoms with van der Waals surface area (Å²) in [6.45, 7) is 0. The molecular formula is C16H9BrF2N2O3. The van der Waals surface area contributed by atoms with Crippen LogP contribution >= 0.6 is 15.9 Å². The minimum absolute atomic E-state index is 0.0387. The van der Waals surface area contributed by atoms with E-state index in [1.54, 1.807) is 12.1 Å². The molecule has 2 aromatic heterocycles. The van der Waals surface area contributed by atoms with E-state index in [1.165, 1.54) is 6.20 Å². The number of benzene rings is 1. The molecule has 0 bridgehead atoms. The fraction of sp³-hybridized carbons (Fsp3) is 0.0625. The van der Waals surface area contributed by atoms with Crippen LogP contribution in [0.3, 0.4) is 0 Å². The number of H-pyrrole nitrogens is 1. The van der Waals surface area contributed by atoms with Crippen molar-refractivity contribution in [3.63, 3.8) is 0 Å². The largest absolute Gasteiger partial charge is 0.477 e. The summed E-state index contributed by atoms with van der Waals surface area (Å²) in [5, 5.41) is 8.31. The molecule has 0 aliphatic heterocycles. The molecular weight excluding hydrogens is 386 g/mol. The Morgan fingerprint density at radius 1 is 1.33 bits per heavy atom. The zero-order valence-corrected chi connectivity index (χ0v) is 13.5. The van der Waals surface area contributed by atoms with Gasteiger partial charge < -0.3 is 10.1 Å². The molecule has 0 saturated carbocycles. The summed E-state index contributed by atoms with van der Waals surface area (Å²) in [5.41, 5.74) is -1.33. The van der Waals surface area contributed by atoms with Crippen molar-refractivity contribution in [2.75, 3.05) is 0 Å². The summed E-state index contributed by atoms with van der Waals surface area (Å²) >= 11 is 3.20. The second kappa shape index (κ2) is 6.12. The molecule has 0 unspecified atom stereocenters. The van der Waals surface area contributed by atoms with Crippen molar-refractivity contribution < 1.29 is 18.7 Å². The second-order valence-corrected chi connectivity index (χ2v) is 5.89. The molecule has 0 atom stereocenters. The van der Waals surface area contributed by atoms with Crippen molar-refractivity contribution >= 4 is 32.8 Å². The first kappa shape index (κ1) is 16.3. The number of carboxylic acids is 1. The molecule has 0 aliphatic rings. The van der Waals surface area contributed by atoms with Gasteiger partial charge in [0.15, 0.2) is 5.82 Å². The lowest BCUT2D eigenvalue weighted by Gasteiger charge is -2.09. The highest BCUT2D eigenvalue weighted by Gasteiger charge is 2.19. The lowest BCUT2D eigenvalue weighted by molar-refractivity contribution is 0.0695. The molecule has 0 fully saturated rings. The van der Waals surface area contributed by atoms with Gasteiger partial charge in [-0.25, -0.2) is 18.6 Å². The number of hydrogen-bond donors (Lipinski definition) is 2. The monoisotopic (exact) mass is 394 g/mol. The van der Waals surface area contributed by atoms with E-state index < -0.39 is 34.0 Å². The predicted octanol–water partition coefficient (Wildman–Crippen LogP) is 3.25. The van der Waals surface area contributed by atoms with Crippen LogP contribution in [0.5, 0.6) is 0 Å². The van der Waals surface area contributed by atoms with E-state index in [9.17, 15) is 18.4 Å². The van der Waals surface area contributed by atoms with Crippen LogP contribution < -0.4 is 5.43 Å². The maximum atomic E-state index is 14.6. The van der Waals surface area contributed by atoms with Crippen molar-refractivity contribution in [1.82, 2.24) is 9.97 Å². The van der Waals surface area contributed by atoms with Crippen molar-refractivity contribution in [2.45, 2.75) is 6.42 Å². The molecule has 1 aromatic carbocycles. The number of fused-ring (bicyclic) bond motifs is 1. The number of hydrogen-bond acceptors (Lipinski definition) is 3. The maximum Gasteiger partial charge on any atom is 0.341 e. The molecule has 0 spiro atoms. The topological polar surface area (TPSA) is 83.0 Å². The molecule has 0 radical (unpaired) electrons. The Balaban J connectivity index is 2.19. The number of aromatic nitrogens is 2. The Morgan fingerprint density at radius 3 is 2.75 bits per heavy atom. The van der Waals surface area contributed by atoms with E-state index in [4.69, 9.17) is 5.11 Å². The molecule has 0 saturated heterocycles. The van der Waals surface area contributed by atoms with Gasteiger partial charge in [-0.15, -0.1) is 0 Å². The van der Waals surface area contributed by atoms with E-state index in [1.807, 2.05) is 0 Å². The Bertz CT molecular complexity index is 1030. The van der Waals surface area contributed by atoms with E-state index in [0.717, 1.165) is 12.3 Å². The van der Waals surface area contributed by atoms with Gasteiger partial charge in [0.1, 0.15) is 16.0 Å². The van der Waals surface area contributed by atoms with E-state index in [-0.39, 0.29) is 17.5 Å². The van der Waals surface area contributed by atoms with Gasteiger partial charge in [-0.05, 0) is 45.3 Å². The molecule has 5 nitrogen and oxygen atoms in total. The van der Waals surface area contributed by atoms with Crippen molar-refractivity contribution in [3.8, 4) is 0 Å². The smallest absolute Gasteiger partial charge is 0.341 e. The first-order chi connectivity index (χ1) is 11.4. The van der Waals surface area contributed by atoms with Crippen molar-refractivity contribution in [2.24, 2.45) is 0 Å². The molecule has 0 aliphatic carbocycles. The lowest BCUT2D eigenvalue weighted by atomic mass is 10.0. The zero-order chi connectivity index (χ0) is 17.4. The molecule has 2 N–H and O–H groups in total. The first-order valence-electron chi connectivity index (χ1n) is 6.74. The predicted molar refractivity (Wildman–Crippen MR) is 86.2 cm³/mol. The van der Waals surface area contributed by atoms with Crippen LogP contribution in [-0.4, -0.2) is 21.0 Å². The highest BCUT2D eigenvalue weighted by Crippen LogP contribution is 2.23. The summed E-state index contributed by atoms with van der Waals surface area (Å²) in [7, 11) is 0. The molecule has 3 aromatic rings. The fourth-order valence-corrected chi connectivity index (χ4v) is 2.85. The van der Waals surface area contributed by atoms with Crippen molar-refractivity contribution in [1.29, 1.82) is 0 Å². The number of carboxylic acid groups (broad SMARTS) is 1. The number of halogens is 3. The summed E-state index contributed by atoms with van der Waals surface area (Å²) in [5.74, 6) is -3.28. The van der Waals surface area contributed by atoms with Crippen LogP contribution in [0.4, 0.5) is 8.78 Å². The van der Waals surface area contributed by atoms with Gasteiger partial charge in [0.05, 0.1) is 10.9 Å². The fourth-order valence-electron chi connectivity index (χ4n) is 2.44. The quantitative estimate of drug-likeness (QED) is 0.667. The number of nitrogens with zero attached hydrogens (tertiary/aromatic N) is 1. The van der Waals surface area contributed by atoms with Crippen molar-refractivity contribution in [3.05, 3.63) is 73.7 Å². The van der Waals surface area contributed by atoms with Gasteiger partial charge in [0.25, 0.3) is 0 Å². The normalized spacial score (nSPS) is 11.0. The number of aromatic amines is 1. The van der Waals surface area contributed by atoms with Gasteiger partial charge in [0, 0.05) is 18.8 Å². The standard InChI is InChI=1S/C16H9BrF2N2O3/c17-11-4-7(1-2-20-11)3-8-5-10(18)12-14(13(8)19)21-6-9(15(12)22)16(23)24/h1-2,4-6H,3H2,(H,21,22)(H,23,24). The minimum Gasteiger partial charge on any atom is -0.477 e. The first-order valence-corrected chi connectivity index (χ1v) is 7.53. The number of carbonyl (C=O) groups is 1. The average Bonchev–Trinajstić information content (AvgIpc) is 2.51. The Morgan fingerprint density at radius 2 is 2.08 bits per heavy atom. The summed E-state index contributed by atoms with van der Waals surface area (Å²) in [6, 6.07) is 4.23. The maximum absolute atomic E-state index is 14.6. The van der Waals surface area contributed by atoms with Gasteiger partial charge >= 0.3 is 5.97 Å². The van der Waals surface area contributed by atoms with Crippen LogP contribution in [0.25, 0.3) is 10.9 Å². The average molecular weight is 395 g/mol. The van der Waals surface area contributed by atoms with Crippen LogP contribution in [0.2, 0.25) is 0 Å². The second-order valence-electron chi connectivity index (χ2n) is 5.08. The SMILES string of the molecule is O=C(O)c1c[nH]c2c(F)c(Cc3ccnc(Br)c3)cc(F)c2c1=O. The van der Waals surface area contributed by atoms with Gasteiger partial charge in [0.2, 0.25) is 5.43 Å². The third-order valence-corrected chi connectivity index (χ3v) is 3.97. The summed E-state index contributed by atoms with van der Waals surface area (Å²) < 4.78 is 29.5. The summed E-state index contributed by atoms with van der Waals surface area (Å²) in [6.07, 6.45) is 2.47. The summed E-state index contributed by atoms with van der Waals surface area (Å²) in [4.78, 5) is 29.3. The van der Waals surface area contributed by atoms with Crippen LogP contribution in [0, 0.1) is 11.6 Å². The van der Waals surface area contributed by atoms with E-state index in [2.05, 4.69) is 25.9 Å². The lowest BCUT2D eigenvalue weighted by Crippen LogP contribution is -2.17. The number of nitrogens with one attached hydrogen (secondary N) is 1. The van der Waals surface area contributed by atoms with Crippen LogP contribution in [0.1, 0.15) is 21.5 Å². The highest BCUT2D eigenvalue weighted by atomic mass is 79.9. The third kappa shape index (κ3) is 2.80. The Kier molecular flexibility index (Phi) is 4.15. The number of rotatable bonds is 3. The van der Waals surface area contributed by atoms with Gasteiger partial charge in [-0.2, -0.15) is 0 Å². The Labute approximate surface area is 142 Å². The molecule has 8 heteroatoms. The molecule has 3 rings (SSSR count). The van der Waals surface area contributed by atoms with Gasteiger partial charge in [-0.3, -0.25) is 4.79 Å². The highest BCUT2D eigenvalue weighted by molar-refractivity contribution is 9.10.